The third-order valence-corrected chi connectivity index (χ3v) is 2.26. The second kappa shape index (κ2) is 4.25. The van der Waals surface area contributed by atoms with Gasteiger partial charge in [0.1, 0.15) is 0 Å². The van der Waals surface area contributed by atoms with Gasteiger partial charge in [0.15, 0.2) is 0 Å². The van der Waals surface area contributed by atoms with Gasteiger partial charge in [0.05, 0.1) is 12.3 Å². The van der Waals surface area contributed by atoms with E-state index in [4.69, 9.17) is 5.90 Å². The molecule has 15 heavy (non-hydrogen) atoms. The molecule has 0 aliphatic rings. The van der Waals surface area contributed by atoms with E-state index in [-0.39, 0.29) is 0 Å². The molecule has 0 radical (unpaired) electrons. The van der Waals surface area contributed by atoms with Crippen LogP contribution in [0.4, 0.5) is 0 Å². The van der Waals surface area contributed by atoms with E-state index in [9.17, 15) is 0 Å². The van der Waals surface area contributed by atoms with Gasteiger partial charge in [-0.15, -0.1) is 0 Å². The second-order valence-corrected chi connectivity index (χ2v) is 3.36. The molecule has 0 unspecified atom stereocenters. The quantitative estimate of drug-likeness (QED) is 0.770. The van der Waals surface area contributed by atoms with Crippen LogP contribution in [0.15, 0.2) is 36.5 Å². The van der Waals surface area contributed by atoms with Crippen molar-refractivity contribution >= 4 is 0 Å². The van der Waals surface area contributed by atoms with Crippen molar-refractivity contribution in [3.63, 3.8) is 0 Å². The average molecular weight is 203 g/mol. The molecule has 0 aliphatic heterocycles. The molecule has 0 fully saturated rings. The number of hydrogen-bond donors (Lipinski definition) is 1. The lowest BCUT2D eigenvalue weighted by molar-refractivity contribution is 0.124. The Morgan fingerprint density at radius 2 is 2.00 bits per heavy atom. The molecule has 78 valence electrons. The Morgan fingerprint density at radius 1 is 1.27 bits per heavy atom. The molecule has 1 heterocycles. The van der Waals surface area contributed by atoms with Crippen LogP contribution in [0.2, 0.25) is 0 Å². The third kappa shape index (κ3) is 2.06. The number of aryl methyl sites for hydroxylation is 1. The zero-order valence-corrected chi connectivity index (χ0v) is 8.55. The number of aromatic nitrogens is 2. The zero-order valence-electron chi connectivity index (χ0n) is 8.55. The van der Waals surface area contributed by atoms with Crippen LogP contribution in [0.25, 0.3) is 5.69 Å². The maximum Gasteiger partial charge on any atom is 0.0930 e. The zero-order chi connectivity index (χ0) is 10.7. The summed E-state index contributed by atoms with van der Waals surface area (Å²) in [6.07, 6.45) is 1.78. The molecule has 0 saturated carbocycles. The van der Waals surface area contributed by atoms with Crippen LogP contribution in [-0.2, 0) is 11.4 Å². The molecule has 1 aromatic heterocycles. The highest BCUT2D eigenvalue weighted by Crippen LogP contribution is 2.11. The van der Waals surface area contributed by atoms with Crippen LogP contribution in [-0.4, -0.2) is 9.78 Å². The predicted octanol–water partition coefficient (Wildman–Crippen LogP) is 1.57. The molecule has 0 aliphatic carbocycles. The van der Waals surface area contributed by atoms with E-state index < -0.39 is 0 Å². The van der Waals surface area contributed by atoms with Crippen LogP contribution in [0.1, 0.15) is 11.3 Å². The van der Waals surface area contributed by atoms with Crippen LogP contribution < -0.4 is 5.90 Å². The SMILES string of the molecule is Cc1ccnn1-c1ccc(CON)cc1. The summed E-state index contributed by atoms with van der Waals surface area (Å²) >= 11 is 0. The molecule has 2 N–H and O–H groups in total. The lowest BCUT2D eigenvalue weighted by Crippen LogP contribution is -2.01. The molecule has 2 aromatic rings. The summed E-state index contributed by atoms with van der Waals surface area (Å²) in [7, 11) is 0. The van der Waals surface area contributed by atoms with Gasteiger partial charge in [-0.05, 0) is 30.7 Å². The maximum absolute atomic E-state index is 5.00. The van der Waals surface area contributed by atoms with Gasteiger partial charge in [-0.2, -0.15) is 5.10 Å². The molecule has 0 saturated heterocycles. The van der Waals surface area contributed by atoms with E-state index in [0.717, 1.165) is 16.9 Å². The van der Waals surface area contributed by atoms with Crippen LogP contribution in [0, 0.1) is 6.92 Å². The Balaban J connectivity index is 2.28. The minimum absolute atomic E-state index is 0.429. The molecule has 2 rings (SSSR count). The Kier molecular flexibility index (Phi) is 2.80. The lowest BCUT2D eigenvalue weighted by atomic mass is 10.2. The van der Waals surface area contributed by atoms with Crippen molar-refractivity contribution in [1.29, 1.82) is 0 Å². The first kappa shape index (κ1) is 9.89. The lowest BCUT2D eigenvalue weighted by Gasteiger charge is -2.05. The second-order valence-electron chi connectivity index (χ2n) is 3.36. The summed E-state index contributed by atoms with van der Waals surface area (Å²) in [5.74, 6) is 5.00. The first-order chi connectivity index (χ1) is 7.31. The van der Waals surface area contributed by atoms with Crippen molar-refractivity contribution in [2.75, 3.05) is 0 Å². The van der Waals surface area contributed by atoms with Crippen molar-refractivity contribution in [1.82, 2.24) is 9.78 Å². The third-order valence-electron chi connectivity index (χ3n) is 2.26. The van der Waals surface area contributed by atoms with Gasteiger partial charge >= 0.3 is 0 Å². The van der Waals surface area contributed by atoms with Gasteiger partial charge in [0.25, 0.3) is 0 Å². The fourth-order valence-electron chi connectivity index (χ4n) is 1.47. The molecule has 4 heteroatoms. The van der Waals surface area contributed by atoms with Crippen LogP contribution >= 0.6 is 0 Å². The van der Waals surface area contributed by atoms with E-state index in [2.05, 4.69) is 9.94 Å². The van der Waals surface area contributed by atoms with Crippen LogP contribution in [0.5, 0.6) is 0 Å². The molecular weight excluding hydrogens is 190 g/mol. The van der Waals surface area contributed by atoms with Crippen molar-refractivity contribution in [2.24, 2.45) is 5.90 Å². The van der Waals surface area contributed by atoms with E-state index in [1.165, 1.54) is 0 Å². The number of nitrogens with two attached hydrogens (primary N) is 1. The normalized spacial score (nSPS) is 10.5. The van der Waals surface area contributed by atoms with Crippen molar-refractivity contribution in [2.45, 2.75) is 13.5 Å². The van der Waals surface area contributed by atoms with Gasteiger partial charge in [-0.1, -0.05) is 12.1 Å². The van der Waals surface area contributed by atoms with E-state index in [1.807, 2.05) is 41.9 Å². The standard InChI is InChI=1S/C11H13N3O/c1-9-6-7-13-14(9)11-4-2-10(3-5-11)8-15-12/h2-7H,8,12H2,1H3. The molecule has 0 amide bonds. The van der Waals surface area contributed by atoms with Crippen molar-refractivity contribution < 1.29 is 4.84 Å². The highest BCUT2D eigenvalue weighted by Gasteiger charge is 2.00. The number of rotatable bonds is 3. The summed E-state index contributed by atoms with van der Waals surface area (Å²) in [6.45, 7) is 2.45. The molecule has 0 bridgehead atoms. The highest BCUT2D eigenvalue weighted by molar-refractivity contribution is 5.35. The Morgan fingerprint density at radius 3 is 2.53 bits per heavy atom. The molecule has 0 atom stereocenters. The Bertz CT molecular complexity index is 433. The minimum Gasteiger partial charge on any atom is -0.300 e. The van der Waals surface area contributed by atoms with Gasteiger partial charge in [0.2, 0.25) is 0 Å². The molecule has 1 aromatic carbocycles. The topological polar surface area (TPSA) is 53.1 Å². The minimum atomic E-state index is 0.429. The summed E-state index contributed by atoms with van der Waals surface area (Å²) in [6, 6.07) is 9.91. The summed E-state index contributed by atoms with van der Waals surface area (Å²) in [5, 5.41) is 4.22. The predicted molar refractivity (Wildman–Crippen MR) is 57.3 cm³/mol. The molecule has 0 spiro atoms. The van der Waals surface area contributed by atoms with Gasteiger partial charge in [-0.25, -0.2) is 10.6 Å². The summed E-state index contributed by atoms with van der Waals surface area (Å²) in [4.78, 5) is 4.56. The molecule has 4 nitrogen and oxygen atoms in total. The highest BCUT2D eigenvalue weighted by atomic mass is 16.6. The largest absolute Gasteiger partial charge is 0.300 e. The van der Waals surface area contributed by atoms with Crippen LogP contribution in [0.3, 0.4) is 0 Å². The van der Waals surface area contributed by atoms with Crippen molar-refractivity contribution in [3.8, 4) is 5.69 Å². The van der Waals surface area contributed by atoms with Gasteiger partial charge in [-0.3, -0.25) is 4.84 Å². The van der Waals surface area contributed by atoms with Gasteiger partial charge < -0.3 is 0 Å². The number of nitrogens with zero attached hydrogens (tertiary/aromatic N) is 2. The smallest absolute Gasteiger partial charge is 0.0930 e. The monoisotopic (exact) mass is 203 g/mol. The van der Waals surface area contributed by atoms with E-state index >= 15 is 0 Å². The number of benzene rings is 1. The van der Waals surface area contributed by atoms with Crippen molar-refractivity contribution in [3.05, 3.63) is 47.8 Å². The van der Waals surface area contributed by atoms with E-state index in [0.29, 0.717) is 6.61 Å². The fourth-order valence-corrected chi connectivity index (χ4v) is 1.47. The maximum atomic E-state index is 5.00. The fraction of sp³-hybridized carbons (Fsp3) is 0.182. The summed E-state index contributed by atoms with van der Waals surface area (Å²) in [5.41, 5.74) is 3.20. The Hall–Kier alpha value is -1.65. The first-order valence-electron chi connectivity index (χ1n) is 4.73. The Labute approximate surface area is 88.2 Å². The van der Waals surface area contributed by atoms with Gasteiger partial charge in [0, 0.05) is 11.9 Å². The van der Waals surface area contributed by atoms with E-state index in [1.54, 1.807) is 6.20 Å². The first-order valence-corrected chi connectivity index (χ1v) is 4.73. The number of hydrogen-bond acceptors (Lipinski definition) is 3. The summed E-state index contributed by atoms with van der Waals surface area (Å²) < 4.78 is 1.88. The molecular formula is C11H13N3O. The average Bonchev–Trinajstić information content (AvgIpc) is 2.66.